The molecule has 1 aliphatic rings. The molecule has 8 nitrogen and oxygen atoms in total. The van der Waals surface area contributed by atoms with Gasteiger partial charge in [-0.15, -0.1) is 0 Å². The van der Waals surface area contributed by atoms with E-state index in [0.29, 0.717) is 41.3 Å². The molecular weight excluding hydrogens is 473 g/mol. The monoisotopic (exact) mass is 496 g/mol. The van der Waals surface area contributed by atoms with E-state index >= 15 is 0 Å². The van der Waals surface area contributed by atoms with E-state index in [1.54, 1.807) is 36.7 Å². The molecule has 5 rings (SSSR count). The molecule has 1 fully saturated rings. The van der Waals surface area contributed by atoms with Gasteiger partial charge in [-0.1, -0.05) is 6.07 Å². The summed E-state index contributed by atoms with van der Waals surface area (Å²) in [5.74, 6) is 0.389. The third-order valence-electron chi connectivity index (χ3n) is 5.83. The van der Waals surface area contributed by atoms with Gasteiger partial charge in [-0.05, 0) is 48.0 Å². The smallest absolute Gasteiger partial charge is 0.416 e. The predicted octanol–water partition coefficient (Wildman–Crippen LogP) is 4.96. The quantitative estimate of drug-likeness (QED) is 0.362. The number of aromatic nitrogens is 2. The first kappa shape index (κ1) is 23.8. The van der Waals surface area contributed by atoms with E-state index in [1.807, 2.05) is 11.0 Å². The van der Waals surface area contributed by atoms with Crippen molar-refractivity contribution in [2.75, 3.05) is 36.8 Å². The Balaban J connectivity index is 1.29. The van der Waals surface area contributed by atoms with E-state index in [0.717, 1.165) is 19.2 Å². The van der Waals surface area contributed by atoms with Crippen molar-refractivity contribution in [3.05, 3.63) is 72.1 Å². The third-order valence-corrected chi connectivity index (χ3v) is 5.83. The number of halogens is 3. The number of rotatable bonds is 5. The Bertz CT molecular complexity index is 1370. The van der Waals surface area contributed by atoms with Gasteiger partial charge in [0.1, 0.15) is 5.52 Å². The Hall–Kier alpha value is -3.96. The molecule has 0 saturated carbocycles. The Kier molecular flexibility index (Phi) is 6.57. The topological polar surface area (TPSA) is 95.3 Å². The summed E-state index contributed by atoms with van der Waals surface area (Å²) in [5.41, 5.74) is 1.63. The van der Waals surface area contributed by atoms with Gasteiger partial charge < -0.3 is 20.4 Å². The standard InChI is InChI=1S/C25H23F3N6O2/c26-25(27,28)20-12-18(4-3-17(20)15-34-10-8-29-9-11-34)31-24(35)32-19-5-6-22-21(13-19)33-23(36-22)16-2-1-7-30-14-16/h1-7,12-14,29H,8-11,15H2,(H2,31,32,35). The van der Waals surface area contributed by atoms with Gasteiger partial charge in [0, 0.05) is 56.5 Å². The van der Waals surface area contributed by atoms with Crippen LogP contribution in [0, 0.1) is 0 Å². The molecule has 186 valence electrons. The van der Waals surface area contributed by atoms with Crippen molar-refractivity contribution in [2.24, 2.45) is 0 Å². The van der Waals surface area contributed by atoms with Gasteiger partial charge in [0.05, 0.1) is 11.1 Å². The zero-order valence-corrected chi connectivity index (χ0v) is 19.1. The second-order valence-electron chi connectivity index (χ2n) is 8.42. The molecule has 2 aromatic heterocycles. The molecule has 0 radical (unpaired) electrons. The fourth-order valence-electron chi connectivity index (χ4n) is 4.08. The number of hydrogen-bond donors (Lipinski definition) is 3. The van der Waals surface area contributed by atoms with Gasteiger partial charge in [-0.3, -0.25) is 9.88 Å². The van der Waals surface area contributed by atoms with E-state index < -0.39 is 17.8 Å². The lowest BCUT2D eigenvalue weighted by atomic mass is 10.0. The number of benzene rings is 2. The highest BCUT2D eigenvalue weighted by molar-refractivity contribution is 6.00. The van der Waals surface area contributed by atoms with Gasteiger partial charge in [-0.25, -0.2) is 9.78 Å². The molecule has 3 N–H and O–H groups in total. The van der Waals surface area contributed by atoms with E-state index in [4.69, 9.17) is 4.42 Å². The minimum absolute atomic E-state index is 0.0465. The number of hydrogen-bond acceptors (Lipinski definition) is 6. The average Bonchev–Trinajstić information content (AvgIpc) is 3.29. The summed E-state index contributed by atoms with van der Waals surface area (Å²) in [7, 11) is 0. The fraction of sp³-hybridized carbons (Fsp3) is 0.240. The van der Waals surface area contributed by atoms with Crippen LogP contribution in [0.3, 0.4) is 0 Å². The maximum atomic E-state index is 13.8. The van der Waals surface area contributed by atoms with Crippen molar-refractivity contribution in [1.82, 2.24) is 20.2 Å². The third kappa shape index (κ3) is 5.47. The summed E-state index contributed by atoms with van der Waals surface area (Å²) in [6.07, 6.45) is -1.27. The van der Waals surface area contributed by atoms with Crippen LogP contribution in [0.1, 0.15) is 11.1 Å². The number of piperazine rings is 1. The Morgan fingerprint density at radius 3 is 2.53 bits per heavy atom. The largest absolute Gasteiger partial charge is 0.436 e. The number of pyridine rings is 1. The summed E-state index contributed by atoms with van der Waals surface area (Å²) >= 11 is 0. The van der Waals surface area contributed by atoms with Crippen LogP contribution in [0.15, 0.2) is 65.3 Å². The van der Waals surface area contributed by atoms with Crippen LogP contribution in [0.4, 0.5) is 29.3 Å². The molecule has 0 unspecified atom stereocenters. The first-order chi connectivity index (χ1) is 17.3. The predicted molar refractivity (Wildman–Crippen MR) is 129 cm³/mol. The van der Waals surface area contributed by atoms with Crippen LogP contribution >= 0.6 is 0 Å². The first-order valence-electron chi connectivity index (χ1n) is 11.4. The van der Waals surface area contributed by atoms with Crippen molar-refractivity contribution in [3.8, 4) is 11.5 Å². The Morgan fingerprint density at radius 2 is 1.81 bits per heavy atom. The molecule has 3 heterocycles. The highest BCUT2D eigenvalue weighted by Crippen LogP contribution is 2.34. The number of nitrogens with zero attached hydrogens (tertiary/aromatic N) is 3. The van der Waals surface area contributed by atoms with Gasteiger partial charge >= 0.3 is 12.2 Å². The Morgan fingerprint density at radius 1 is 1.06 bits per heavy atom. The summed E-state index contributed by atoms with van der Waals surface area (Å²) < 4.78 is 47.0. The SMILES string of the molecule is O=C(Nc1ccc(CN2CCNCC2)c(C(F)(F)F)c1)Nc1ccc2oc(-c3cccnc3)nc2c1. The molecule has 11 heteroatoms. The molecule has 4 aromatic rings. The number of fused-ring (bicyclic) bond motifs is 1. The second-order valence-corrected chi connectivity index (χ2v) is 8.42. The van der Waals surface area contributed by atoms with Crippen LogP contribution in [0.2, 0.25) is 0 Å². The molecule has 1 saturated heterocycles. The number of alkyl halides is 3. The summed E-state index contributed by atoms with van der Waals surface area (Å²) in [6.45, 7) is 3.04. The van der Waals surface area contributed by atoms with Gasteiger partial charge in [0.25, 0.3) is 0 Å². The van der Waals surface area contributed by atoms with Gasteiger partial charge in [0.2, 0.25) is 5.89 Å². The molecule has 0 spiro atoms. The lowest BCUT2D eigenvalue weighted by molar-refractivity contribution is -0.138. The van der Waals surface area contributed by atoms with E-state index in [1.165, 1.54) is 12.1 Å². The number of anilines is 2. The van der Waals surface area contributed by atoms with Crippen molar-refractivity contribution in [1.29, 1.82) is 0 Å². The molecule has 0 bridgehead atoms. The molecule has 0 aliphatic carbocycles. The van der Waals surface area contributed by atoms with E-state index in [9.17, 15) is 18.0 Å². The van der Waals surface area contributed by atoms with Crippen LogP contribution in [0.5, 0.6) is 0 Å². The second kappa shape index (κ2) is 9.96. The lowest BCUT2D eigenvalue weighted by Gasteiger charge is -2.28. The minimum Gasteiger partial charge on any atom is -0.436 e. The zero-order chi connectivity index (χ0) is 25.1. The maximum absolute atomic E-state index is 13.8. The number of carbonyl (C=O) groups excluding carboxylic acids is 1. The van der Waals surface area contributed by atoms with E-state index in [-0.39, 0.29) is 17.8 Å². The van der Waals surface area contributed by atoms with E-state index in [2.05, 4.69) is 25.9 Å². The molecule has 1 aliphatic heterocycles. The van der Waals surface area contributed by atoms with Crippen LogP contribution in [-0.2, 0) is 12.7 Å². The number of carbonyl (C=O) groups is 1. The molecule has 0 atom stereocenters. The molecule has 36 heavy (non-hydrogen) atoms. The lowest BCUT2D eigenvalue weighted by Crippen LogP contribution is -2.43. The van der Waals surface area contributed by atoms with Crippen molar-refractivity contribution < 1.29 is 22.4 Å². The van der Waals surface area contributed by atoms with Crippen molar-refractivity contribution in [2.45, 2.75) is 12.7 Å². The van der Waals surface area contributed by atoms with Crippen LogP contribution in [0.25, 0.3) is 22.6 Å². The fourth-order valence-corrected chi connectivity index (χ4v) is 4.08. The summed E-state index contributed by atoms with van der Waals surface area (Å²) in [6, 6.07) is 11.7. The van der Waals surface area contributed by atoms with Gasteiger partial charge in [0.15, 0.2) is 5.58 Å². The normalized spacial score (nSPS) is 14.6. The highest BCUT2D eigenvalue weighted by atomic mass is 19.4. The maximum Gasteiger partial charge on any atom is 0.416 e. The van der Waals surface area contributed by atoms with Crippen LogP contribution < -0.4 is 16.0 Å². The number of oxazole rings is 1. The summed E-state index contributed by atoms with van der Waals surface area (Å²) in [5, 5.41) is 8.30. The van der Waals surface area contributed by atoms with Crippen molar-refractivity contribution >= 4 is 28.5 Å². The number of urea groups is 1. The first-order valence-corrected chi connectivity index (χ1v) is 11.4. The zero-order valence-electron chi connectivity index (χ0n) is 19.1. The van der Waals surface area contributed by atoms with Crippen LogP contribution in [-0.4, -0.2) is 47.1 Å². The molecule has 2 aromatic carbocycles. The van der Waals surface area contributed by atoms with Gasteiger partial charge in [-0.2, -0.15) is 13.2 Å². The van der Waals surface area contributed by atoms with Crippen molar-refractivity contribution in [3.63, 3.8) is 0 Å². The number of nitrogens with one attached hydrogen (secondary N) is 3. The number of amides is 2. The summed E-state index contributed by atoms with van der Waals surface area (Å²) in [4.78, 5) is 23.0. The average molecular weight is 496 g/mol. The highest BCUT2D eigenvalue weighted by Gasteiger charge is 2.34. The molecule has 2 amide bonds. The Labute approximate surface area is 204 Å². The minimum atomic E-state index is -4.54. The molecular formula is C25H23F3N6O2.